The van der Waals surface area contributed by atoms with Crippen molar-refractivity contribution in [1.82, 2.24) is 30.9 Å². The smallest absolute Gasteiger partial charge is 0.422 e. The molecule has 0 spiro atoms. The van der Waals surface area contributed by atoms with E-state index < -0.39 is 36.1 Å². The predicted octanol–water partition coefficient (Wildman–Crippen LogP) is 5.39. The van der Waals surface area contributed by atoms with Crippen LogP contribution in [0.3, 0.4) is 0 Å². The zero-order valence-electron chi connectivity index (χ0n) is 26.7. The maximum Gasteiger partial charge on any atom is 0.422 e. The first-order valence-corrected chi connectivity index (χ1v) is 16.6. The third-order valence-corrected chi connectivity index (χ3v) is 8.45. The van der Waals surface area contributed by atoms with Gasteiger partial charge >= 0.3 is 24.0 Å². The van der Waals surface area contributed by atoms with Gasteiger partial charge in [-0.25, -0.2) is 0 Å². The molecule has 1 heterocycles. The Bertz CT molecular complexity index is 1600. The second-order valence-electron chi connectivity index (χ2n) is 12.1. The molecule has 12 nitrogen and oxygen atoms in total. The first-order valence-electron chi connectivity index (χ1n) is 16.2. The minimum absolute atomic E-state index is 0.0281. The molecule has 2 aromatic carbocycles. The van der Waals surface area contributed by atoms with E-state index in [9.17, 15) is 27.6 Å². The highest BCUT2D eigenvalue weighted by molar-refractivity contribution is 6.35. The van der Waals surface area contributed by atoms with Crippen molar-refractivity contribution in [1.29, 1.82) is 0 Å². The Morgan fingerprint density at radius 3 is 2.14 bits per heavy atom. The number of nitrogens with one attached hydrogen (secondary N) is 5. The number of halogens is 4. The Balaban J connectivity index is 1.10. The zero-order valence-corrected chi connectivity index (χ0v) is 27.4. The van der Waals surface area contributed by atoms with Gasteiger partial charge in [-0.15, -0.1) is 0 Å². The van der Waals surface area contributed by atoms with Gasteiger partial charge in [-0.1, -0.05) is 43.0 Å². The van der Waals surface area contributed by atoms with Crippen LogP contribution in [0.1, 0.15) is 73.7 Å². The van der Waals surface area contributed by atoms with E-state index in [1.807, 2.05) is 12.1 Å². The molecule has 262 valence electrons. The number of rotatable bonds is 14. The SMILES string of the molecule is O=C(NCCCCNC(=O)c1ccc(Nc2nc(NC3(c4ccc(Cl)cc4)CC3)nc(OCC(F)(F)F)n2)cc1)C(=O)NC1CCCCC1. The molecule has 0 saturated heterocycles. The average molecular weight is 703 g/mol. The third-order valence-electron chi connectivity index (χ3n) is 8.20. The Morgan fingerprint density at radius 2 is 1.49 bits per heavy atom. The summed E-state index contributed by atoms with van der Waals surface area (Å²) in [5, 5.41) is 14.9. The van der Waals surface area contributed by atoms with Gasteiger partial charge < -0.3 is 31.3 Å². The molecule has 0 atom stereocenters. The average Bonchev–Trinajstić information content (AvgIpc) is 3.86. The second-order valence-corrected chi connectivity index (χ2v) is 12.5. The number of carbonyl (C=O) groups is 3. The summed E-state index contributed by atoms with van der Waals surface area (Å²) in [5.41, 5.74) is 1.28. The summed E-state index contributed by atoms with van der Waals surface area (Å²) >= 11 is 6.02. The highest BCUT2D eigenvalue weighted by atomic mass is 35.5. The van der Waals surface area contributed by atoms with E-state index >= 15 is 0 Å². The van der Waals surface area contributed by atoms with Crippen LogP contribution in [0.25, 0.3) is 0 Å². The standard InChI is InChI=1S/C33H38ClF3N8O4/c34-23-12-10-22(11-13-23)32(16-17-32)45-30-42-29(43-31(44-30)49-20-33(35,36)37)41-25-14-8-21(9-15-25)26(46)38-18-4-5-19-39-27(47)28(48)40-24-6-2-1-3-7-24/h8-15,24H,1-7,16-20H2,(H,38,46)(H,39,47)(H,40,48)(H2,41,42,43,44,45). The number of hydrogen-bond donors (Lipinski definition) is 5. The van der Waals surface area contributed by atoms with Gasteiger partial charge in [-0.2, -0.15) is 28.1 Å². The molecule has 0 radical (unpaired) electrons. The number of carbonyl (C=O) groups excluding carboxylic acids is 3. The normalized spacial score (nSPS) is 15.5. The summed E-state index contributed by atoms with van der Waals surface area (Å²) in [4.78, 5) is 49.1. The largest absolute Gasteiger partial charge is 0.454 e. The lowest BCUT2D eigenvalue weighted by Crippen LogP contribution is -2.45. The molecule has 0 aliphatic heterocycles. The van der Waals surface area contributed by atoms with Gasteiger partial charge in [0.2, 0.25) is 11.9 Å². The number of amides is 3. The van der Waals surface area contributed by atoms with Crippen molar-refractivity contribution in [3.63, 3.8) is 0 Å². The minimum Gasteiger partial charge on any atom is -0.454 e. The predicted molar refractivity (Wildman–Crippen MR) is 177 cm³/mol. The van der Waals surface area contributed by atoms with Gasteiger partial charge in [0.15, 0.2) is 6.61 Å². The first kappa shape index (κ1) is 35.6. The lowest BCUT2D eigenvalue weighted by Gasteiger charge is -2.22. The van der Waals surface area contributed by atoms with E-state index in [4.69, 9.17) is 16.3 Å². The van der Waals surface area contributed by atoms with Crippen molar-refractivity contribution >= 4 is 46.9 Å². The topological polar surface area (TPSA) is 159 Å². The van der Waals surface area contributed by atoms with Crippen molar-refractivity contribution in [2.24, 2.45) is 0 Å². The van der Waals surface area contributed by atoms with E-state index in [0.29, 0.717) is 42.2 Å². The number of anilines is 3. The summed E-state index contributed by atoms with van der Waals surface area (Å²) in [6.07, 6.45) is 3.13. The molecule has 3 amide bonds. The van der Waals surface area contributed by atoms with Crippen molar-refractivity contribution in [3.05, 3.63) is 64.7 Å². The van der Waals surface area contributed by atoms with E-state index in [1.54, 1.807) is 36.4 Å². The summed E-state index contributed by atoms with van der Waals surface area (Å²) < 4.78 is 43.5. The molecule has 1 aromatic heterocycles. The van der Waals surface area contributed by atoms with Crippen LogP contribution in [-0.2, 0) is 15.1 Å². The molecule has 2 saturated carbocycles. The number of ether oxygens (including phenoxy) is 1. The van der Waals surface area contributed by atoms with Gasteiger partial charge in [-0.05, 0) is 80.5 Å². The summed E-state index contributed by atoms with van der Waals surface area (Å²) in [7, 11) is 0. The maximum atomic E-state index is 12.9. The molecule has 0 bridgehead atoms. The number of nitrogens with zero attached hydrogens (tertiary/aromatic N) is 3. The number of aromatic nitrogens is 3. The number of benzene rings is 2. The highest BCUT2D eigenvalue weighted by Crippen LogP contribution is 2.48. The lowest BCUT2D eigenvalue weighted by atomic mass is 9.95. The van der Waals surface area contributed by atoms with Gasteiger partial charge in [0.25, 0.3) is 5.91 Å². The van der Waals surface area contributed by atoms with Gasteiger partial charge in [0.05, 0.1) is 5.54 Å². The Kier molecular flexibility index (Phi) is 11.8. The highest BCUT2D eigenvalue weighted by Gasteiger charge is 2.45. The monoisotopic (exact) mass is 702 g/mol. The summed E-state index contributed by atoms with van der Waals surface area (Å²) in [5.74, 6) is -1.60. The Morgan fingerprint density at radius 1 is 0.837 bits per heavy atom. The van der Waals surface area contributed by atoms with E-state index in [2.05, 4.69) is 41.5 Å². The molecular weight excluding hydrogens is 665 g/mol. The quantitative estimate of drug-likeness (QED) is 0.110. The molecule has 3 aromatic rings. The van der Waals surface area contributed by atoms with Crippen LogP contribution in [0.4, 0.5) is 30.8 Å². The van der Waals surface area contributed by atoms with Crippen molar-refractivity contribution in [2.75, 3.05) is 30.3 Å². The fourth-order valence-corrected chi connectivity index (χ4v) is 5.57. The molecule has 2 aliphatic rings. The van der Waals surface area contributed by atoms with E-state index in [1.165, 1.54) is 0 Å². The third kappa shape index (κ3) is 10.9. The van der Waals surface area contributed by atoms with Crippen LogP contribution in [0, 0.1) is 0 Å². The molecule has 0 unspecified atom stereocenters. The molecule has 16 heteroatoms. The summed E-state index contributed by atoms with van der Waals surface area (Å²) in [6.45, 7) is -0.900. The van der Waals surface area contributed by atoms with Gasteiger partial charge in [0, 0.05) is 35.4 Å². The molecule has 5 N–H and O–H groups in total. The first-order chi connectivity index (χ1) is 23.5. The van der Waals surface area contributed by atoms with Crippen molar-refractivity contribution in [2.45, 2.75) is 75.5 Å². The number of unbranched alkanes of at least 4 members (excludes halogenated alkanes) is 1. The van der Waals surface area contributed by atoms with E-state index in [-0.39, 0.29) is 23.8 Å². The van der Waals surface area contributed by atoms with Crippen LogP contribution >= 0.6 is 11.6 Å². The molecule has 49 heavy (non-hydrogen) atoms. The molecule has 5 rings (SSSR count). The van der Waals surface area contributed by atoms with Crippen LogP contribution in [0.5, 0.6) is 6.01 Å². The molecule has 2 aliphatic carbocycles. The number of alkyl halides is 3. The fourth-order valence-electron chi connectivity index (χ4n) is 5.44. The van der Waals surface area contributed by atoms with Gasteiger partial charge in [0.1, 0.15) is 0 Å². The lowest BCUT2D eigenvalue weighted by molar-refractivity contribution is -0.154. The van der Waals surface area contributed by atoms with Crippen LogP contribution in [0.15, 0.2) is 48.5 Å². The van der Waals surface area contributed by atoms with Crippen LogP contribution in [-0.4, -0.2) is 64.6 Å². The van der Waals surface area contributed by atoms with Crippen molar-refractivity contribution in [3.8, 4) is 6.01 Å². The zero-order chi connectivity index (χ0) is 34.9. The molecule has 2 fully saturated rings. The van der Waals surface area contributed by atoms with Crippen LogP contribution in [0.2, 0.25) is 5.02 Å². The Labute approximate surface area is 286 Å². The van der Waals surface area contributed by atoms with Crippen molar-refractivity contribution < 1.29 is 32.3 Å². The maximum absolute atomic E-state index is 12.9. The van der Waals surface area contributed by atoms with Crippen LogP contribution < -0.4 is 31.3 Å². The second kappa shape index (κ2) is 16.2. The van der Waals surface area contributed by atoms with Gasteiger partial charge in [-0.3, -0.25) is 14.4 Å². The minimum atomic E-state index is -4.59. The number of hydrogen-bond acceptors (Lipinski definition) is 9. The summed E-state index contributed by atoms with van der Waals surface area (Å²) in [6, 6.07) is 13.1. The van der Waals surface area contributed by atoms with E-state index in [0.717, 1.165) is 50.5 Å². The Hall–Kier alpha value is -4.66. The molecular formula is C33H38ClF3N8O4. The fraction of sp³-hybridized carbons (Fsp3) is 0.455.